The zero-order valence-electron chi connectivity index (χ0n) is 26.4. The number of alkyl carbamates (subject to hydrolysis) is 1. The molecule has 0 aliphatic rings. The summed E-state index contributed by atoms with van der Waals surface area (Å²) in [6, 6.07) is 14.2. The predicted octanol–water partition coefficient (Wildman–Crippen LogP) is 5.26. The van der Waals surface area contributed by atoms with E-state index in [1.54, 1.807) is 47.6 Å². The molecule has 2 aromatic carbocycles. The van der Waals surface area contributed by atoms with Crippen LogP contribution in [0.1, 0.15) is 84.5 Å². The summed E-state index contributed by atoms with van der Waals surface area (Å²) in [7, 11) is 0. The number of carbonyl (C=O) groups excluding carboxylic acids is 4. The number of benzene rings is 2. The van der Waals surface area contributed by atoms with Gasteiger partial charge in [0.15, 0.2) is 0 Å². The summed E-state index contributed by atoms with van der Waals surface area (Å²) in [5, 5.41) is 5.41. The number of esters is 1. The summed E-state index contributed by atoms with van der Waals surface area (Å²) >= 11 is 0. The zero-order chi connectivity index (χ0) is 31.7. The second-order valence-corrected chi connectivity index (χ2v) is 12.5. The third kappa shape index (κ3) is 11.2. The number of aryl methyl sites for hydroxylation is 1. The lowest BCUT2D eigenvalue weighted by Gasteiger charge is -2.37. The van der Waals surface area contributed by atoms with Crippen LogP contribution in [0.5, 0.6) is 0 Å². The van der Waals surface area contributed by atoms with Crippen molar-refractivity contribution in [3.05, 3.63) is 71.3 Å². The van der Waals surface area contributed by atoms with Gasteiger partial charge in [0.2, 0.25) is 11.8 Å². The van der Waals surface area contributed by atoms with Crippen LogP contribution < -0.4 is 10.6 Å². The molecule has 3 unspecified atom stereocenters. The third-order valence-corrected chi connectivity index (χ3v) is 6.31. The first-order valence-electron chi connectivity index (χ1n) is 14.4. The van der Waals surface area contributed by atoms with Gasteiger partial charge >= 0.3 is 12.1 Å². The number of carbonyl (C=O) groups is 4. The second kappa shape index (κ2) is 14.8. The minimum atomic E-state index is -1.08. The van der Waals surface area contributed by atoms with E-state index in [9.17, 15) is 19.2 Å². The Hall–Kier alpha value is -3.88. The molecule has 0 aliphatic carbocycles. The minimum Gasteiger partial charge on any atom is -0.458 e. The van der Waals surface area contributed by atoms with Crippen molar-refractivity contribution in [1.82, 2.24) is 15.5 Å². The van der Waals surface area contributed by atoms with Gasteiger partial charge in [-0.05, 0) is 72.9 Å². The molecule has 9 nitrogen and oxygen atoms in total. The van der Waals surface area contributed by atoms with Crippen molar-refractivity contribution in [2.45, 2.75) is 104 Å². The van der Waals surface area contributed by atoms with Crippen LogP contribution in [-0.4, -0.2) is 58.6 Å². The number of nitrogens with zero attached hydrogens (tertiary/aromatic N) is 1. The zero-order valence-corrected chi connectivity index (χ0v) is 26.4. The van der Waals surface area contributed by atoms with Crippen molar-refractivity contribution < 1.29 is 28.7 Å². The van der Waals surface area contributed by atoms with Crippen LogP contribution in [0.3, 0.4) is 0 Å². The first kappa shape index (κ1) is 34.3. The van der Waals surface area contributed by atoms with Crippen LogP contribution in [0, 0.1) is 6.92 Å². The van der Waals surface area contributed by atoms with E-state index >= 15 is 0 Å². The summed E-state index contributed by atoms with van der Waals surface area (Å²) in [4.78, 5) is 55.0. The van der Waals surface area contributed by atoms with Crippen molar-refractivity contribution in [3.8, 4) is 0 Å². The molecule has 0 bridgehead atoms. The number of nitrogens with one attached hydrogen (secondary N) is 2. The van der Waals surface area contributed by atoms with Gasteiger partial charge in [-0.25, -0.2) is 9.59 Å². The largest absolute Gasteiger partial charge is 0.458 e. The molecule has 0 spiro atoms. The monoisotopic (exact) mass is 581 g/mol. The normalized spacial score (nSPS) is 13.7. The molecule has 3 atom stereocenters. The van der Waals surface area contributed by atoms with Gasteiger partial charge in [0.1, 0.15) is 29.8 Å². The van der Waals surface area contributed by atoms with Gasteiger partial charge in [-0.2, -0.15) is 0 Å². The van der Waals surface area contributed by atoms with E-state index in [0.29, 0.717) is 12.0 Å². The molecule has 0 aliphatic heterocycles. The number of hydrogen-bond donors (Lipinski definition) is 2. The van der Waals surface area contributed by atoms with Crippen LogP contribution in [0.4, 0.5) is 4.79 Å². The number of amides is 3. The Kier molecular flexibility index (Phi) is 12.1. The Morgan fingerprint density at radius 1 is 0.881 bits per heavy atom. The molecule has 0 aromatic heterocycles. The van der Waals surface area contributed by atoms with E-state index in [0.717, 1.165) is 11.1 Å². The van der Waals surface area contributed by atoms with E-state index < -0.39 is 47.2 Å². The molecular weight excluding hydrogens is 534 g/mol. The van der Waals surface area contributed by atoms with Crippen LogP contribution in [0.15, 0.2) is 54.6 Å². The predicted molar refractivity (Wildman–Crippen MR) is 163 cm³/mol. The standard InChI is InChI=1S/C33H47N3O6/c1-10-23(3)36(27(37)21-34-31(40)42-33(7,8)9)28(25-18-14-15-22(2)19-25)29(38)35-26(30(39)41-32(4,5)6)20-24-16-12-11-13-17-24/h11-19,23,26,28H,10,20-21H2,1-9H3,(H,34,40)(H,35,38). The highest BCUT2D eigenvalue weighted by Gasteiger charge is 2.37. The van der Waals surface area contributed by atoms with E-state index in [4.69, 9.17) is 9.47 Å². The molecule has 0 heterocycles. The van der Waals surface area contributed by atoms with Crippen LogP contribution >= 0.6 is 0 Å². The SMILES string of the molecule is CCC(C)N(C(=O)CNC(=O)OC(C)(C)C)C(C(=O)NC(Cc1ccccc1)C(=O)OC(C)(C)C)c1cccc(C)c1. The van der Waals surface area contributed by atoms with Crippen LogP contribution in [0.2, 0.25) is 0 Å². The van der Waals surface area contributed by atoms with Crippen molar-refractivity contribution in [1.29, 1.82) is 0 Å². The highest BCUT2D eigenvalue weighted by atomic mass is 16.6. The smallest absolute Gasteiger partial charge is 0.408 e. The Morgan fingerprint density at radius 2 is 1.50 bits per heavy atom. The van der Waals surface area contributed by atoms with E-state index in [1.807, 2.05) is 69.3 Å². The fourth-order valence-electron chi connectivity index (χ4n) is 4.34. The molecule has 9 heteroatoms. The summed E-state index contributed by atoms with van der Waals surface area (Å²) in [5.41, 5.74) is 0.835. The Morgan fingerprint density at radius 3 is 2.05 bits per heavy atom. The molecule has 3 amide bonds. The summed E-state index contributed by atoms with van der Waals surface area (Å²) in [6.07, 6.45) is 0.0247. The van der Waals surface area contributed by atoms with Crippen LogP contribution in [-0.2, 0) is 30.3 Å². The average molecular weight is 582 g/mol. The molecule has 42 heavy (non-hydrogen) atoms. The average Bonchev–Trinajstić information content (AvgIpc) is 2.88. The van der Waals surface area contributed by atoms with Crippen molar-refractivity contribution in [2.24, 2.45) is 0 Å². The van der Waals surface area contributed by atoms with E-state index in [-0.39, 0.29) is 19.0 Å². The molecule has 0 saturated carbocycles. The quantitative estimate of drug-likeness (QED) is 0.350. The van der Waals surface area contributed by atoms with Gasteiger partial charge in [-0.3, -0.25) is 9.59 Å². The lowest BCUT2D eigenvalue weighted by atomic mass is 9.98. The molecule has 2 N–H and O–H groups in total. The molecule has 0 radical (unpaired) electrons. The van der Waals surface area contributed by atoms with Crippen molar-refractivity contribution >= 4 is 23.9 Å². The number of ether oxygens (including phenoxy) is 2. The van der Waals surface area contributed by atoms with E-state index in [2.05, 4.69) is 10.6 Å². The van der Waals surface area contributed by atoms with E-state index in [1.165, 1.54) is 4.90 Å². The lowest BCUT2D eigenvalue weighted by molar-refractivity contribution is -0.159. The number of rotatable bonds is 11. The first-order chi connectivity index (χ1) is 19.5. The first-order valence-corrected chi connectivity index (χ1v) is 14.4. The number of hydrogen-bond acceptors (Lipinski definition) is 6. The van der Waals surface area contributed by atoms with Gasteiger partial charge in [-0.1, -0.05) is 67.1 Å². The van der Waals surface area contributed by atoms with Crippen molar-refractivity contribution in [3.63, 3.8) is 0 Å². The molecule has 2 aromatic rings. The molecule has 0 saturated heterocycles. The third-order valence-electron chi connectivity index (χ3n) is 6.31. The van der Waals surface area contributed by atoms with Gasteiger partial charge < -0.3 is 25.0 Å². The Balaban J connectivity index is 2.48. The minimum absolute atomic E-state index is 0.208. The summed E-state index contributed by atoms with van der Waals surface area (Å²) in [5.74, 6) is -1.57. The lowest BCUT2D eigenvalue weighted by Crippen LogP contribution is -2.54. The topological polar surface area (TPSA) is 114 Å². The van der Waals surface area contributed by atoms with Gasteiger partial charge in [0.05, 0.1) is 0 Å². The van der Waals surface area contributed by atoms with Gasteiger partial charge in [0, 0.05) is 12.5 Å². The Bertz CT molecular complexity index is 1220. The summed E-state index contributed by atoms with van der Waals surface area (Å²) in [6.45, 7) is 15.8. The van der Waals surface area contributed by atoms with Gasteiger partial charge in [0.25, 0.3) is 0 Å². The Labute approximate surface area is 250 Å². The maximum atomic E-state index is 14.2. The maximum Gasteiger partial charge on any atom is 0.408 e. The molecule has 0 fully saturated rings. The van der Waals surface area contributed by atoms with Crippen LogP contribution in [0.25, 0.3) is 0 Å². The highest BCUT2D eigenvalue weighted by Crippen LogP contribution is 2.27. The van der Waals surface area contributed by atoms with Crippen molar-refractivity contribution in [2.75, 3.05) is 6.54 Å². The molecular formula is C33H47N3O6. The molecule has 2 rings (SSSR count). The fourth-order valence-corrected chi connectivity index (χ4v) is 4.34. The second-order valence-electron chi connectivity index (χ2n) is 12.5. The highest BCUT2D eigenvalue weighted by molar-refractivity contribution is 5.93. The molecule has 230 valence electrons. The fraction of sp³-hybridized carbons (Fsp3) is 0.515. The maximum absolute atomic E-state index is 14.2. The summed E-state index contributed by atoms with van der Waals surface area (Å²) < 4.78 is 11.0. The van der Waals surface area contributed by atoms with Gasteiger partial charge in [-0.15, -0.1) is 0 Å².